The number of piperazine rings is 1. The number of benzene rings is 1. The maximum absolute atomic E-state index is 13.9. The minimum Gasteiger partial charge on any atom is -0.339 e. The Bertz CT molecular complexity index is 795. The van der Waals surface area contributed by atoms with Crippen molar-refractivity contribution in [3.63, 3.8) is 0 Å². The van der Waals surface area contributed by atoms with E-state index >= 15 is 0 Å². The Kier molecular flexibility index (Phi) is 6.36. The second-order valence-corrected chi connectivity index (χ2v) is 9.85. The zero-order chi connectivity index (χ0) is 20.5. The maximum Gasteiger partial charge on any atom is 0.249 e. The predicted octanol–water partition coefficient (Wildman–Crippen LogP) is 1.78. The monoisotopic (exact) mass is 415 g/mol. The molecule has 0 aromatic heterocycles. The van der Waals surface area contributed by atoms with Gasteiger partial charge in [0.15, 0.2) is 4.90 Å². The summed E-state index contributed by atoms with van der Waals surface area (Å²) in [6, 6.07) is 2.98. The fraction of sp³-hybridized carbons (Fsp3) is 0.632. The van der Waals surface area contributed by atoms with E-state index in [0.717, 1.165) is 42.0 Å². The van der Waals surface area contributed by atoms with Crippen LogP contribution < -0.4 is 0 Å². The zero-order valence-electron chi connectivity index (χ0n) is 16.3. The highest BCUT2D eigenvalue weighted by Crippen LogP contribution is 2.24. The molecule has 1 aromatic rings. The first-order chi connectivity index (χ1) is 13.2. The van der Waals surface area contributed by atoms with Crippen LogP contribution in [0.15, 0.2) is 23.1 Å². The Morgan fingerprint density at radius 3 is 2.11 bits per heavy atom. The van der Waals surface area contributed by atoms with E-state index in [2.05, 4.69) is 18.7 Å². The summed E-state index contributed by atoms with van der Waals surface area (Å²) in [6.07, 6.45) is 1.16. The minimum absolute atomic E-state index is 0.0225. The summed E-state index contributed by atoms with van der Waals surface area (Å²) in [4.78, 5) is 15.5. The molecule has 0 N–H and O–H groups in total. The van der Waals surface area contributed by atoms with Gasteiger partial charge in [-0.1, -0.05) is 19.9 Å². The fourth-order valence-corrected chi connectivity index (χ4v) is 5.78. The Morgan fingerprint density at radius 1 is 1.04 bits per heavy atom. The summed E-state index contributed by atoms with van der Waals surface area (Å²) in [5, 5.41) is 0. The first-order valence-electron chi connectivity index (χ1n) is 9.62. The Balaban J connectivity index is 1.60. The third-order valence-corrected chi connectivity index (χ3v) is 7.36. The second-order valence-electron chi connectivity index (χ2n) is 7.98. The summed E-state index contributed by atoms with van der Waals surface area (Å²) in [5.41, 5.74) is 0. The summed E-state index contributed by atoms with van der Waals surface area (Å²) < 4.78 is 54.1. The lowest BCUT2D eigenvalue weighted by molar-refractivity contribution is -0.134. The van der Waals surface area contributed by atoms with Crippen molar-refractivity contribution in [3.8, 4) is 0 Å². The highest BCUT2D eigenvalue weighted by Gasteiger charge is 2.34. The van der Waals surface area contributed by atoms with Crippen LogP contribution in [0.1, 0.15) is 20.3 Å². The summed E-state index contributed by atoms with van der Waals surface area (Å²) in [7, 11) is -4.28. The van der Waals surface area contributed by atoms with Crippen molar-refractivity contribution in [1.82, 2.24) is 14.1 Å². The SMILES string of the molecule is C[C@H]1C[C@H](C)CN(CC(=O)N2CCN(S(=O)(=O)c3c(F)cccc3F)CC2)C1. The quantitative estimate of drug-likeness (QED) is 0.752. The average molecular weight is 416 g/mol. The largest absolute Gasteiger partial charge is 0.339 e. The van der Waals surface area contributed by atoms with Crippen molar-refractivity contribution in [3.05, 3.63) is 29.8 Å². The van der Waals surface area contributed by atoms with E-state index in [9.17, 15) is 22.0 Å². The number of nitrogens with zero attached hydrogens (tertiary/aromatic N) is 3. The van der Waals surface area contributed by atoms with E-state index in [4.69, 9.17) is 0 Å². The zero-order valence-corrected chi connectivity index (χ0v) is 17.1. The van der Waals surface area contributed by atoms with Crippen LogP contribution in [0.4, 0.5) is 8.78 Å². The molecule has 0 spiro atoms. The number of halogens is 2. The van der Waals surface area contributed by atoms with E-state index in [0.29, 0.717) is 18.4 Å². The highest BCUT2D eigenvalue weighted by atomic mass is 32.2. The smallest absolute Gasteiger partial charge is 0.249 e. The lowest BCUT2D eigenvalue weighted by Crippen LogP contribution is -2.53. The summed E-state index contributed by atoms with van der Waals surface area (Å²) in [5.74, 6) is -1.14. The van der Waals surface area contributed by atoms with Crippen LogP contribution in [0.2, 0.25) is 0 Å². The molecule has 2 saturated heterocycles. The van der Waals surface area contributed by atoms with Gasteiger partial charge in [-0.3, -0.25) is 9.69 Å². The molecule has 2 atom stereocenters. The van der Waals surface area contributed by atoms with Gasteiger partial charge in [0.05, 0.1) is 6.54 Å². The van der Waals surface area contributed by atoms with Gasteiger partial charge < -0.3 is 4.90 Å². The number of likely N-dealkylation sites (tertiary alicyclic amines) is 1. The topological polar surface area (TPSA) is 60.9 Å². The number of amides is 1. The molecule has 2 aliphatic heterocycles. The molecule has 1 aromatic carbocycles. The second kappa shape index (κ2) is 8.42. The Morgan fingerprint density at radius 2 is 1.57 bits per heavy atom. The lowest BCUT2D eigenvalue weighted by atomic mass is 9.92. The molecule has 2 aliphatic rings. The van der Waals surface area contributed by atoms with E-state index in [-0.39, 0.29) is 32.1 Å². The molecular weight excluding hydrogens is 388 g/mol. The molecule has 0 radical (unpaired) electrons. The van der Waals surface area contributed by atoms with Gasteiger partial charge in [0.2, 0.25) is 15.9 Å². The first kappa shape index (κ1) is 21.1. The molecule has 2 fully saturated rings. The van der Waals surface area contributed by atoms with E-state index < -0.39 is 26.6 Å². The standard InChI is InChI=1S/C19H27F2N3O3S/c1-14-10-15(2)12-22(11-14)13-18(25)23-6-8-24(9-7-23)28(26,27)19-16(20)4-3-5-17(19)21/h3-5,14-15H,6-13H2,1-2H3/t14-,15-/m0/s1. The van der Waals surface area contributed by atoms with Crippen molar-refractivity contribution in [2.45, 2.75) is 25.2 Å². The fourth-order valence-electron chi connectivity index (χ4n) is 4.25. The number of hydrogen-bond acceptors (Lipinski definition) is 4. The molecule has 156 valence electrons. The van der Waals surface area contributed by atoms with Crippen molar-refractivity contribution >= 4 is 15.9 Å². The minimum atomic E-state index is -4.28. The molecule has 1 amide bonds. The van der Waals surface area contributed by atoms with Gasteiger partial charge in [0.1, 0.15) is 11.6 Å². The van der Waals surface area contributed by atoms with Gasteiger partial charge in [0, 0.05) is 39.3 Å². The van der Waals surface area contributed by atoms with E-state index in [1.165, 1.54) is 0 Å². The van der Waals surface area contributed by atoms with Crippen LogP contribution in [0.3, 0.4) is 0 Å². The van der Waals surface area contributed by atoms with Gasteiger partial charge in [0.25, 0.3) is 0 Å². The Hall–Kier alpha value is -1.58. The molecule has 28 heavy (non-hydrogen) atoms. The molecule has 9 heteroatoms. The van der Waals surface area contributed by atoms with Crippen molar-refractivity contribution in [2.75, 3.05) is 45.8 Å². The van der Waals surface area contributed by atoms with Gasteiger partial charge >= 0.3 is 0 Å². The summed E-state index contributed by atoms with van der Waals surface area (Å²) in [6.45, 7) is 6.93. The molecule has 2 heterocycles. The van der Waals surface area contributed by atoms with Crippen LogP contribution in [0, 0.1) is 23.5 Å². The molecule has 6 nitrogen and oxygen atoms in total. The summed E-state index contributed by atoms with van der Waals surface area (Å²) >= 11 is 0. The lowest BCUT2D eigenvalue weighted by Gasteiger charge is -2.38. The van der Waals surface area contributed by atoms with Crippen LogP contribution >= 0.6 is 0 Å². The predicted molar refractivity (Wildman–Crippen MR) is 101 cm³/mol. The van der Waals surface area contributed by atoms with Gasteiger partial charge in [-0.2, -0.15) is 4.31 Å². The number of carbonyl (C=O) groups excluding carboxylic acids is 1. The first-order valence-corrected chi connectivity index (χ1v) is 11.1. The van der Waals surface area contributed by atoms with Crippen molar-refractivity contribution < 1.29 is 22.0 Å². The van der Waals surface area contributed by atoms with E-state index in [1.807, 2.05) is 0 Å². The Labute approximate surface area is 165 Å². The van der Waals surface area contributed by atoms with Crippen molar-refractivity contribution in [1.29, 1.82) is 0 Å². The molecule has 0 unspecified atom stereocenters. The maximum atomic E-state index is 13.9. The number of piperidine rings is 1. The van der Waals surface area contributed by atoms with Gasteiger partial charge in [-0.15, -0.1) is 0 Å². The number of sulfonamides is 1. The van der Waals surface area contributed by atoms with Gasteiger partial charge in [-0.05, 0) is 30.4 Å². The molecule has 0 aliphatic carbocycles. The normalized spacial score (nSPS) is 25.1. The third-order valence-electron chi connectivity index (χ3n) is 5.41. The number of hydrogen-bond donors (Lipinski definition) is 0. The molecule has 3 rings (SSSR count). The van der Waals surface area contributed by atoms with Crippen molar-refractivity contribution in [2.24, 2.45) is 11.8 Å². The number of carbonyl (C=O) groups is 1. The van der Waals surface area contributed by atoms with Crippen LogP contribution in [0.5, 0.6) is 0 Å². The molecule has 0 bridgehead atoms. The van der Waals surface area contributed by atoms with Crippen LogP contribution in [-0.2, 0) is 14.8 Å². The average Bonchev–Trinajstić information content (AvgIpc) is 2.60. The highest BCUT2D eigenvalue weighted by molar-refractivity contribution is 7.89. The number of rotatable bonds is 4. The molecule has 0 saturated carbocycles. The third kappa shape index (κ3) is 4.52. The molecular formula is C19H27F2N3O3S. The van der Waals surface area contributed by atoms with Gasteiger partial charge in [-0.25, -0.2) is 17.2 Å². The van der Waals surface area contributed by atoms with E-state index in [1.54, 1.807) is 4.90 Å². The van der Waals surface area contributed by atoms with Crippen LogP contribution in [-0.4, -0.2) is 74.2 Å². The van der Waals surface area contributed by atoms with Crippen LogP contribution in [0.25, 0.3) is 0 Å².